The maximum Gasteiger partial charge on any atom is 0.259 e. The second-order valence-corrected chi connectivity index (χ2v) is 6.93. The molecule has 30 heavy (non-hydrogen) atoms. The van der Waals surface area contributed by atoms with Crippen LogP contribution < -0.4 is 10.2 Å². The highest BCUT2D eigenvalue weighted by Crippen LogP contribution is 2.25. The SMILES string of the molecule is Cc1c(C(=O)Nc2ccc(N3CCOCC3)c(C#N)c2)cnn1-c1ccc(F)cc1. The van der Waals surface area contributed by atoms with E-state index in [0.717, 1.165) is 18.8 Å². The molecule has 1 aliphatic heterocycles. The summed E-state index contributed by atoms with van der Waals surface area (Å²) in [6.45, 7) is 4.47. The van der Waals surface area contributed by atoms with Crippen molar-refractivity contribution in [3.63, 3.8) is 0 Å². The molecule has 8 heteroatoms. The Kier molecular flexibility index (Phi) is 5.46. The molecule has 0 saturated carbocycles. The third-order valence-electron chi connectivity index (χ3n) is 5.05. The molecule has 2 heterocycles. The fourth-order valence-corrected chi connectivity index (χ4v) is 3.46. The van der Waals surface area contributed by atoms with Crippen LogP contribution >= 0.6 is 0 Å². The predicted octanol–water partition coefficient (Wildman–Crippen LogP) is 3.28. The van der Waals surface area contributed by atoms with E-state index in [0.29, 0.717) is 41.4 Å². The van der Waals surface area contributed by atoms with E-state index in [1.165, 1.54) is 18.3 Å². The molecule has 7 nitrogen and oxygen atoms in total. The summed E-state index contributed by atoms with van der Waals surface area (Å²) in [5.74, 6) is -0.667. The van der Waals surface area contributed by atoms with Crippen LogP contribution in [0.3, 0.4) is 0 Å². The molecule has 3 aromatic rings. The van der Waals surface area contributed by atoms with E-state index < -0.39 is 0 Å². The van der Waals surface area contributed by atoms with Crippen LogP contribution in [0.4, 0.5) is 15.8 Å². The number of benzene rings is 2. The number of ether oxygens (including phenoxy) is 1. The van der Waals surface area contributed by atoms with Gasteiger partial charge in [-0.15, -0.1) is 0 Å². The first-order chi connectivity index (χ1) is 14.6. The van der Waals surface area contributed by atoms with E-state index in [1.807, 2.05) is 6.07 Å². The van der Waals surface area contributed by atoms with Crippen molar-refractivity contribution < 1.29 is 13.9 Å². The number of hydrogen-bond donors (Lipinski definition) is 1. The molecule has 2 aromatic carbocycles. The molecule has 1 N–H and O–H groups in total. The highest BCUT2D eigenvalue weighted by molar-refractivity contribution is 6.05. The number of anilines is 2. The second kappa shape index (κ2) is 8.35. The summed E-state index contributed by atoms with van der Waals surface area (Å²) in [5, 5.41) is 16.6. The van der Waals surface area contributed by atoms with Gasteiger partial charge in [0.25, 0.3) is 5.91 Å². The fraction of sp³-hybridized carbons (Fsp3) is 0.227. The Morgan fingerprint density at radius 3 is 2.63 bits per heavy atom. The Bertz CT molecular complexity index is 1110. The smallest absolute Gasteiger partial charge is 0.259 e. The lowest BCUT2D eigenvalue weighted by atomic mass is 10.1. The number of nitriles is 1. The van der Waals surface area contributed by atoms with Gasteiger partial charge < -0.3 is 15.0 Å². The van der Waals surface area contributed by atoms with Crippen LogP contribution in [0.1, 0.15) is 21.6 Å². The molecule has 0 radical (unpaired) electrons. The Balaban J connectivity index is 1.54. The number of aromatic nitrogens is 2. The van der Waals surface area contributed by atoms with Crippen LogP contribution in [0.5, 0.6) is 0 Å². The average Bonchev–Trinajstić information content (AvgIpc) is 3.16. The summed E-state index contributed by atoms with van der Waals surface area (Å²) in [7, 11) is 0. The molecule has 1 fully saturated rings. The normalized spacial score (nSPS) is 13.7. The van der Waals surface area contributed by atoms with Crippen LogP contribution in [-0.4, -0.2) is 42.0 Å². The van der Waals surface area contributed by atoms with Gasteiger partial charge in [-0.1, -0.05) is 0 Å². The van der Waals surface area contributed by atoms with E-state index >= 15 is 0 Å². The summed E-state index contributed by atoms with van der Waals surface area (Å²) < 4.78 is 20.1. The van der Waals surface area contributed by atoms with Crippen molar-refractivity contribution >= 4 is 17.3 Å². The van der Waals surface area contributed by atoms with Crippen molar-refractivity contribution in [3.05, 3.63) is 71.3 Å². The summed E-state index contributed by atoms with van der Waals surface area (Å²) in [5.41, 5.74) is 3.55. The molecule has 1 aliphatic rings. The van der Waals surface area contributed by atoms with Gasteiger partial charge in [0.1, 0.15) is 11.9 Å². The summed E-state index contributed by atoms with van der Waals surface area (Å²) in [4.78, 5) is 14.9. The highest BCUT2D eigenvalue weighted by Gasteiger charge is 2.18. The zero-order valence-electron chi connectivity index (χ0n) is 16.4. The number of nitrogens with one attached hydrogen (secondary N) is 1. The maximum absolute atomic E-state index is 13.2. The second-order valence-electron chi connectivity index (χ2n) is 6.93. The van der Waals surface area contributed by atoms with Crippen molar-refractivity contribution in [1.82, 2.24) is 9.78 Å². The molecule has 1 saturated heterocycles. The predicted molar refractivity (Wildman–Crippen MR) is 110 cm³/mol. The van der Waals surface area contributed by atoms with Crippen LogP contribution in [-0.2, 0) is 4.74 Å². The van der Waals surface area contributed by atoms with Crippen LogP contribution in [0.2, 0.25) is 0 Å². The van der Waals surface area contributed by atoms with E-state index in [4.69, 9.17) is 4.74 Å². The lowest BCUT2D eigenvalue weighted by Gasteiger charge is -2.29. The molecule has 1 amide bonds. The van der Waals surface area contributed by atoms with Crippen LogP contribution in [0.15, 0.2) is 48.7 Å². The van der Waals surface area contributed by atoms with E-state index in [2.05, 4.69) is 21.4 Å². The number of hydrogen-bond acceptors (Lipinski definition) is 5. The maximum atomic E-state index is 13.2. The van der Waals surface area contributed by atoms with Gasteiger partial charge in [-0.3, -0.25) is 4.79 Å². The van der Waals surface area contributed by atoms with Crippen molar-refractivity contribution in [2.75, 3.05) is 36.5 Å². The molecule has 0 atom stereocenters. The van der Waals surface area contributed by atoms with Crippen molar-refractivity contribution in [2.45, 2.75) is 6.92 Å². The first-order valence-electron chi connectivity index (χ1n) is 9.55. The molecular formula is C22H20FN5O2. The first kappa shape index (κ1) is 19.6. The monoisotopic (exact) mass is 405 g/mol. The molecular weight excluding hydrogens is 385 g/mol. The largest absolute Gasteiger partial charge is 0.378 e. The number of carbonyl (C=O) groups excluding carboxylic acids is 1. The lowest BCUT2D eigenvalue weighted by Crippen LogP contribution is -2.36. The van der Waals surface area contributed by atoms with Crippen LogP contribution in [0.25, 0.3) is 5.69 Å². The lowest BCUT2D eigenvalue weighted by molar-refractivity contribution is 0.102. The Hall–Kier alpha value is -3.70. The quantitative estimate of drug-likeness (QED) is 0.720. The summed E-state index contributed by atoms with van der Waals surface area (Å²) >= 11 is 0. The molecule has 0 spiro atoms. The van der Waals surface area contributed by atoms with Gasteiger partial charge in [0, 0.05) is 18.8 Å². The van der Waals surface area contributed by atoms with E-state index in [9.17, 15) is 14.4 Å². The topological polar surface area (TPSA) is 83.2 Å². The molecule has 1 aromatic heterocycles. The Morgan fingerprint density at radius 2 is 1.93 bits per heavy atom. The van der Waals surface area contributed by atoms with Crippen molar-refractivity contribution in [2.24, 2.45) is 0 Å². The average molecular weight is 405 g/mol. The molecule has 4 rings (SSSR count). The van der Waals surface area contributed by atoms with Gasteiger partial charge in [0.15, 0.2) is 0 Å². The summed E-state index contributed by atoms with van der Waals surface area (Å²) in [6.07, 6.45) is 1.47. The zero-order chi connectivity index (χ0) is 21.1. The van der Waals surface area contributed by atoms with Gasteiger partial charge in [-0.05, 0) is 49.4 Å². The number of halogens is 1. The van der Waals surface area contributed by atoms with Gasteiger partial charge in [-0.2, -0.15) is 10.4 Å². The third-order valence-corrected chi connectivity index (χ3v) is 5.05. The molecule has 152 valence electrons. The van der Waals surface area contributed by atoms with Gasteiger partial charge in [-0.25, -0.2) is 9.07 Å². The zero-order valence-corrected chi connectivity index (χ0v) is 16.4. The Morgan fingerprint density at radius 1 is 1.20 bits per heavy atom. The number of morpholine rings is 1. The van der Waals surface area contributed by atoms with E-state index in [1.54, 1.807) is 35.9 Å². The standard InChI is InChI=1S/C22H20FN5O2/c1-15-20(14-25-28(15)19-5-2-17(23)3-6-19)22(29)26-18-4-7-21(16(12-18)13-24)27-8-10-30-11-9-27/h2-7,12,14H,8-11H2,1H3,(H,26,29). The number of carbonyl (C=O) groups is 1. The third kappa shape index (κ3) is 3.88. The summed E-state index contributed by atoms with van der Waals surface area (Å²) in [6, 6.07) is 13.4. The minimum atomic E-state index is -0.338. The van der Waals surface area contributed by atoms with Crippen molar-refractivity contribution in [3.8, 4) is 11.8 Å². The van der Waals surface area contributed by atoms with E-state index in [-0.39, 0.29) is 11.7 Å². The van der Waals surface area contributed by atoms with Crippen molar-refractivity contribution in [1.29, 1.82) is 5.26 Å². The van der Waals surface area contributed by atoms with Crippen LogP contribution in [0, 0.1) is 24.1 Å². The molecule has 0 aliphatic carbocycles. The number of rotatable bonds is 4. The number of amides is 1. The highest BCUT2D eigenvalue weighted by atomic mass is 19.1. The molecule has 0 bridgehead atoms. The van der Waals surface area contributed by atoms with Gasteiger partial charge in [0.05, 0.1) is 47.6 Å². The van der Waals surface area contributed by atoms with Gasteiger partial charge in [0.2, 0.25) is 0 Å². The first-order valence-corrected chi connectivity index (χ1v) is 9.55. The van der Waals surface area contributed by atoms with Gasteiger partial charge >= 0.3 is 0 Å². The number of nitrogens with zero attached hydrogens (tertiary/aromatic N) is 4. The minimum absolute atomic E-state index is 0.330. The molecule has 0 unspecified atom stereocenters. The minimum Gasteiger partial charge on any atom is -0.378 e. The Labute approximate surface area is 173 Å². The fourth-order valence-electron chi connectivity index (χ4n) is 3.46.